The third-order valence-corrected chi connectivity index (χ3v) is 5.12. The summed E-state index contributed by atoms with van der Waals surface area (Å²) in [5.41, 5.74) is 0. The van der Waals surface area contributed by atoms with Crippen LogP contribution in [0.15, 0.2) is 0 Å². The van der Waals surface area contributed by atoms with Crippen molar-refractivity contribution in [3.8, 4) is 0 Å². The van der Waals surface area contributed by atoms with Crippen LogP contribution in [0.4, 0.5) is 0 Å². The van der Waals surface area contributed by atoms with Crippen LogP contribution in [0.5, 0.6) is 0 Å². The molecule has 0 aromatic carbocycles. The van der Waals surface area contributed by atoms with Crippen LogP contribution in [-0.2, 0) is 9.59 Å². The molecule has 1 fully saturated rings. The number of likely N-dealkylation sites (N-methyl/N-ethyl adjacent to an activating group) is 1. The normalized spacial score (nSPS) is 17.2. The van der Waals surface area contributed by atoms with Gasteiger partial charge in [0.25, 0.3) is 0 Å². The van der Waals surface area contributed by atoms with Crippen LogP contribution >= 0.6 is 0 Å². The van der Waals surface area contributed by atoms with Gasteiger partial charge >= 0.3 is 58.5 Å². The SMILES string of the molecule is CNC(=O)[C@H](CC(=O)NCCN1CCCC1)[N-]CC(CC(C)C)N[C@@H](C)B(O)O.[K+]. The summed E-state index contributed by atoms with van der Waals surface area (Å²) in [6.07, 6.45) is 3.20. The quantitative estimate of drug-likeness (QED) is 0.174. The number of likely N-dealkylation sites (tertiary alicyclic amines) is 1. The Morgan fingerprint density at radius 1 is 1.17 bits per heavy atom. The zero-order valence-corrected chi connectivity index (χ0v) is 22.5. The largest absolute Gasteiger partial charge is 1.00 e. The van der Waals surface area contributed by atoms with Crippen molar-refractivity contribution < 1.29 is 71.0 Å². The summed E-state index contributed by atoms with van der Waals surface area (Å²) in [5, 5.41) is 31.7. The van der Waals surface area contributed by atoms with E-state index in [-0.39, 0.29) is 75.7 Å². The Morgan fingerprint density at radius 3 is 2.33 bits per heavy atom. The van der Waals surface area contributed by atoms with Crippen LogP contribution in [0.1, 0.15) is 46.5 Å². The van der Waals surface area contributed by atoms with Gasteiger partial charge in [-0.25, -0.2) is 0 Å². The van der Waals surface area contributed by atoms with Gasteiger partial charge in [-0.1, -0.05) is 20.8 Å². The predicted octanol–water partition coefficient (Wildman–Crippen LogP) is -3.51. The molecule has 30 heavy (non-hydrogen) atoms. The first-order valence-corrected chi connectivity index (χ1v) is 10.7. The Morgan fingerprint density at radius 2 is 1.80 bits per heavy atom. The molecular weight excluding hydrogens is 412 g/mol. The number of nitrogens with zero attached hydrogens (tertiary/aromatic N) is 2. The van der Waals surface area contributed by atoms with E-state index in [1.54, 1.807) is 6.92 Å². The molecule has 1 heterocycles. The Bertz CT molecular complexity index is 496. The van der Waals surface area contributed by atoms with E-state index in [4.69, 9.17) is 0 Å². The number of amides is 2. The molecule has 1 unspecified atom stereocenters. The van der Waals surface area contributed by atoms with Crippen LogP contribution < -0.4 is 67.3 Å². The van der Waals surface area contributed by atoms with Crippen molar-refractivity contribution in [1.29, 1.82) is 0 Å². The summed E-state index contributed by atoms with van der Waals surface area (Å²) >= 11 is 0. The van der Waals surface area contributed by atoms with Crippen LogP contribution in [-0.4, -0.2) is 91.7 Å². The van der Waals surface area contributed by atoms with Crippen LogP contribution in [0, 0.1) is 5.92 Å². The molecule has 2 amide bonds. The molecule has 9 nitrogen and oxygen atoms in total. The Balaban J connectivity index is 0.00000841. The fourth-order valence-corrected chi connectivity index (χ4v) is 3.49. The second-order valence-electron chi connectivity index (χ2n) is 8.29. The molecule has 5 N–H and O–H groups in total. The molecule has 0 aromatic heterocycles. The molecule has 1 aliphatic heterocycles. The van der Waals surface area contributed by atoms with E-state index >= 15 is 0 Å². The standard InChI is InChI=1S/C19H39BN5O4.K/c1-14(2)11-16(24-15(3)20(28)29)13-23-17(19(27)21-4)12-18(26)22-7-10-25-8-5-6-9-25;/h14-17,24,28-29H,5-13H2,1-4H3,(H,21,27)(H,22,26);/q-1;+1/t15-,16?,17-;/m0./s1. The molecule has 0 spiro atoms. The maximum atomic E-state index is 12.3. The van der Waals surface area contributed by atoms with E-state index in [2.05, 4.69) is 40.0 Å². The van der Waals surface area contributed by atoms with E-state index in [1.807, 2.05) is 0 Å². The van der Waals surface area contributed by atoms with E-state index in [9.17, 15) is 19.6 Å². The van der Waals surface area contributed by atoms with Crippen molar-refractivity contribution >= 4 is 18.9 Å². The summed E-state index contributed by atoms with van der Waals surface area (Å²) in [6, 6.07) is -0.880. The second kappa shape index (κ2) is 17.0. The number of rotatable bonds is 14. The van der Waals surface area contributed by atoms with Crippen LogP contribution in [0.2, 0.25) is 0 Å². The maximum Gasteiger partial charge on any atom is 1.00 e. The van der Waals surface area contributed by atoms with Crippen molar-refractivity contribution in [2.24, 2.45) is 5.92 Å². The van der Waals surface area contributed by atoms with Gasteiger partial charge in [-0.2, -0.15) is 0 Å². The zero-order valence-electron chi connectivity index (χ0n) is 19.4. The van der Waals surface area contributed by atoms with Gasteiger partial charge in [-0.15, -0.1) is 6.54 Å². The minimum Gasteiger partial charge on any atom is -0.650 e. The molecule has 0 radical (unpaired) electrons. The molecule has 0 bridgehead atoms. The molecule has 3 atom stereocenters. The number of carbonyl (C=O) groups excluding carboxylic acids is 2. The molecule has 168 valence electrons. The van der Waals surface area contributed by atoms with Crippen LogP contribution in [0.3, 0.4) is 0 Å². The molecule has 0 saturated carbocycles. The first-order valence-electron chi connectivity index (χ1n) is 10.7. The minimum atomic E-state index is -1.47. The summed E-state index contributed by atoms with van der Waals surface area (Å²) < 4.78 is 0. The Labute approximate surface area is 224 Å². The summed E-state index contributed by atoms with van der Waals surface area (Å²) in [4.78, 5) is 26.8. The van der Waals surface area contributed by atoms with Gasteiger partial charge in [0, 0.05) is 32.5 Å². The van der Waals surface area contributed by atoms with Crippen molar-refractivity contribution in [2.75, 3.05) is 39.8 Å². The summed E-state index contributed by atoms with van der Waals surface area (Å²) in [7, 11) is 0.0604. The van der Waals surface area contributed by atoms with E-state index in [1.165, 1.54) is 19.9 Å². The van der Waals surface area contributed by atoms with Gasteiger partial charge in [0.1, 0.15) is 0 Å². The van der Waals surface area contributed by atoms with E-state index in [0.29, 0.717) is 19.0 Å². The number of nitrogens with one attached hydrogen (secondary N) is 3. The third-order valence-electron chi connectivity index (χ3n) is 5.12. The van der Waals surface area contributed by atoms with Crippen molar-refractivity contribution in [1.82, 2.24) is 20.9 Å². The van der Waals surface area contributed by atoms with Crippen molar-refractivity contribution in [2.45, 2.75) is 64.5 Å². The van der Waals surface area contributed by atoms with Gasteiger partial charge in [-0.3, -0.25) is 9.59 Å². The Kier molecular flexibility index (Phi) is 17.2. The average Bonchev–Trinajstić information content (AvgIpc) is 3.17. The van der Waals surface area contributed by atoms with Gasteiger partial charge in [0.05, 0.1) is 0 Å². The molecule has 1 saturated heterocycles. The van der Waals surface area contributed by atoms with Crippen LogP contribution in [0.25, 0.3) is 5.32 Å². The monoisotopic (exact) mass is 451 g/mol. The van der Waals surface area contributed by atoms with E-state index in [0.717, 1.165) is 26.1 Å². The first-order chi connectivity index (χ1) is 13.7. The minimum absolute atomic E-state index is 0. The molecule has 11 heteroatoms. The molecule has 0 aromatic rings. The predicted molar refractivity (Wildman–Crippen MR) is 115 cm³/mol. The smallest absolute Gasteiger partial charge is 0.650 e. The summed E-state index contributed by atoms with van der Waals surface area (Å²) in [5.74, 6) is -0.619. The maximum absolute atomic E-state index is 12.3. The van der Waals surface area contributed by atoms with E-state index < -0.39 is 19.1 Å². The van der Waals surface area contributed by atoms with Gasteiger partial charge in [0.2, 0.25) is 11.8 Å². The van der Waals surface area contributed by atoms with Crippen molar-refractivity contribution in [3.63, 3.8) is 0 Å². The van der Waals surface area contributed by atoms with Crippen molar-refractivity contribution in [3.05, 3.63) is 5.32 Å². The van der Waals surface area contributed by atoms with Gasteiger partial charge in [-0.05, 0) is 50.4 Å². The van der Waals surface area contributed by atoms with Gasteiger partial charge in [0.15, 0.2) is 0 Å². The number of hydrogen-bond donors (Lipinski definition) is 5. The zero-order chi connectivity index (χ0) is 21.8. The fraction of sp³-hybridized carbons (Fsp3) is 0.895. The van der Waals surface area contributed by atoms with Gasteiger partial charge < -0.3 is 36.2 Å². The fourth-order valence-electron chi connectivity index (χ4n) is 3.49. The average molecular weight is 451 g/mol. The number of carbonyl (C=O) groups is 2. The molecular formula is C19H39BKN5O4. The summed E-state index contributed by atoms with van der Waals surface area (Å²) in [6.45, 7) is 9.69. The Hall–Kier alpha value is 0.441. The second-order valence-corrected chi connectivity index (χ2v) is 8.29. The molecule has 1 rings (SSSR count). The topological polar surface area (TPSA) is 128 Å². The molecule has 0 aliphatic carbocycles. The number of hydrogen-bond acceptors (Lipinski definition) is 6. The first kappa shape index (κ1) is 30.4. The molecule has 1 aliphatic rings. The third kappa shape index (κ3) is 13.1.